The first-order valence-corrected chi connectivity index (χ1v) is 11.3. The number of para-hydroxylation sites is 1. The number of halogens is 1. The van der Waals surface area contributed by atoms with Crippen LogP contribution in [0.15, 0.2) is 45.3 Å². The van der Waals surface area contributed by atoms with E-state index in [-0.39, 0.29) is 11.8 Å². The molecule has 6 nitrogen and oxygen atoms in total. The largest absolute Gasteiger partial charge is 0.302 e. The summed E-state index contributed by atoms with van der Waals surface area (Å²) in [6, 6.07) is 10.9. The van der Waals surface area contributed by atoms with Gasteiger partial charge in [-0.3, -0.25) is 14.5 Å². The predicted molar refractivity (Wildman–Crippen MR) is 113 cm³/mol. The third kappa shape index (κ3) is 3.07. The number of hydrogen-bond donors (Lipinski definition) is 1. The molecular formula is C18H17BrN4O2S2. The van der Waals surface area contributed by atoms with E-state index in [0.717, 1.165) is 19.9 Å². The van der Waals surface area contributed by atoms with E-state index in [1.807, 2.05) is 49.6 Å². The van der Waals surface area contributed by atoms with Gasteiger partial charge in [-0.15, -0.1) is 16.4 Å². The number of nitrogens with one attached hydrogen (secondary N) is 1. The molecule has 3 heterocycles. The molecule has 2 aliphatic heterocycles. The molecule has 9 heteroatoms. The van der Waals surface area contributed by atoms with E-state index < -0.39 is 12.2 Å². The van der Waals surface area contributed by atoms with Crippen molar-refractivity contribution < 1.29 is 9.59 Å². The van der Waals surface area contributed by atoms with Crippen molar-refractivity contribution in [2.45, 2.75) is 25.6 Å². The fraction of sp³-hybridized carbons (Fsp3) is 0.278. The topological polar surface area (TPSA) is 65.0 Å². The lowest BCUT2D eigenvalue weighted by molar-refractivity contribution is -0.130. The molecule has 27 heavy (non-hydrogen) atoms. The molecule has 2 amide bonds. The van der Waals surface area contributed by atoms with Crippen molar-refractivity contribution in [2.75, 3.05) is 11.2 Å². The third-order valence-electron chi connectivity index (χ3n) is 4.55. The Bertz CT molecular complexity index is 945. The first-order chi connectivity index (χ1) is 13.0. The molecule has 4 rings (SSSR count). The van der Waals surface area contributed by atoms with Gasteiger partial charge in [0, 0.05) is 12.0 Å². The fourth-order valence-electron chi connectivity index (χ4n) is 3.41. The molecular weight excluding hydrogens is 448 g/mol. The van der Waals surface area contributed by atoms with Crippen LogP contribution < -0.4 is 10.2 Å². The highest BCUT2D eigenvalue weighted by molar-refractivity contribution is 9.11. The summed E-state index contributed by atoms with van der Waals surface area (Å²) in [6.45, 7) is 1.85. The maximum atomic E-state index is 13.0. The molecule has 140 valence electrons. The lowest BCUT2D eigenvalue weighted by Crippen LogP contribution is -2.55. The van der Waals surface area contributed by atoms with Crippen molar-refractivity contribution >= 4 is 61.7 Å². The Kier molecular flexibility index (Phi) is 5.00. The number of hydrogen-bond acceptors (Lipinski definition) is 6. The molecule has 0 saturated heterocycles. The number of carbonyl (C=O) groups excluding carboxylic acids is 2. The van der Waals surface area contributed by atoms with Crippen LogP contribution in [0.25, 0.3) is 0 Å². The Morgan fingerprint density at radius 2 is 2.11 bits per heavy atom. The molecule has 2 aliphatic rings. The van der Waals surface area contributed by atoms with Gasteiger partial charge in [-0.2, -0.15) is 0 Å². The number of rotatable bonds is 2. The number of thiophene rings is 1. The van der Waals surface area contributed by atoms with Crippen LogP contribution in [0.1, 0.15) is 36.0 Å². The Morgan fingerprint density at radius 3 is 2.78 bits per heavy atom. The first kappa shape index (κ1) is 18.5. The van der Waals surface area contributed by atoms with Crippen LogP contribution in [0.2, 0.25) is 0 Å². The fourth-order valence-corrected chi connectivity index (χ4v) is 5.29. The van der Waals surface area contributed by atoms with Crippen molar-refractivity contribution in [1.29, 1.82) is 0 Å². The second-order valence-corrected chi connectivity index (χ2v) is 9.36. The summed E-state index contributed by atoms with van der Waals surface area (Å²) in [5.74, 6) is -0.145. The van der Waals surface area contributed by atoms with Crippen molar-refractivity contribution in [1.82, 2.24) is 10.3 Å². The summed E-state index contributed by atoms with van der Waals surface area (Å²) in [5.41, 5.74) is 1.55. The van der Waals surface area contributed by atoms with Gasteiger partial charge in [-0.25, -0.2) is 5.01 Å². The number of nitrogens with zero attached hydrogens (tertiary/aromatic N) is 3. The van der Waals surface area contributed by atoms with Crippen LogP contribution in [0.5, 0.6) is 0 Å². The molecule has 0 bridgehead atoms. The van der Waals surface area contributed by atoms with Crippen LogP contribution in [-0.4, -0.2) is 28.2 Å². The molecule has 2 aromatic rings. The minimum atomic E-state index is -0.580. The monoisotopic (exact) mass is 464 g/mol. The summed E-state index contributed by atoms with van der Waals surface area (Å²) in [7, 11) is 0. The minimum absolute atomic E-state index is 0.0118. The van der Waals surface area contributed by atoms with Crippen LogP contribution >= 0.6 is 39.0 Å². The Hall–Kier alpha value is -1.84. The van der Waals surface area contributed by atoms with E-state index in [4.69, 9.17) is 0 Å². The van der Waals surface area contributed by atoms with Gasteiger partial charge in [-0.05, 0) is 40.4 Å². The molecule has 1 aromatic heterocycles. The van der Waals surface area contributed by atoms with Crippen LogP contribution in [0.4, 0.5) is 5.69 Å². The van der Waals surface area contributed by atoms with Crippen molar-refractivity contribution in [2.24, 2.45) is 5.10 Å². The molecule has 2 unspecified atom stereocenters. The molecule has 0 aliphatic carbocycles. The number of fused-ring (bicyclic) bond motifs is 3. The smallest absolute Gasteiger partial charge is 0.255 e. The number of amides is 2. The number of thioether (sulfide) groups is 1. The van der Waals surface area contributed by atoms with Gasteiger partial charge in [0.1, 0.15) is 0 Å². The average Bonchev–Trinajstić information content (AvgIpc) is 3.11. The van der Waals surface area contributed by atoms with Gasteiger partial charge in [0.15, 0.2) is 17.4 Å². The highest BCUT2D eigenvalue weighted by atomic mass is 79.9. The number of benzene rings is 1. The Balaban J connectivity index is 1.97. The molecule has 0 saturated carbocycles. The number of anilines is 1. The summed E-state index contributed by atoms with van der Waals surface area (Å²) < 4.78 is 0.965. The van der Waals surface area contributed by atoms with Gasteiger partial charge < -0.3 is 5.32 Å². The summed E-state index contributed by atoms with van der Waals surface area (Å²) in [5, 5.41) is 9.84. The lowest BCUT2D eigenvalue weighted by Gasteiger charge is -2.48. The van der Waals surface area contributed by atoms with Crippen LogP contribution in [0.3, 0.4) is 0 Å². The van der Waals surface area contributed by atoms with E-state index in [2.05, 4.69) is 26.3 Å². The quantitative estimate of drug-likeness (QED) is 0.727. The zero-order valence-electron chi connectivity index (χ0n) is 14.7. The van der Waals surface area contributed by atoms with Gasteiger partial charge in [-0.1, -0.05) is 36.9 Å². The van der Waals surface area contributed by atoms with Gasteiger partial charge in [0.2, 0.25) is 5.91 Å². The number of hydrazone groups is 1. The van der Waals surface area contributed by atoms with Crippen molar-refractivity contribution in [3.63, 3.8) is 0 Å². The van der Waals surface area contributed by atoms with Gasteiger partial charge in [0.25, 0.3) is 5.91 Å². The third-order valence-corrected chi connectivity index (χ3v) is 6.78. The van der Waals surface area contributed by atoms with E-state index in [1.165, 1.54) is 23.1 Å². The zero-order chi connectivity index (χ0) is 19.1. The summed E-state index contributed by atoms with van der Waals surface area (Å²) in [4.78, 5) is 28.6. The standard InChI is InChI=1S/C18H17BrN4O2S2/c1-3-14(24)22-11-7-5-4-6-10(11)15-16(25)20-18(26-2)21-23(15)17(22)12-8-9-13(19)27-12/h4-9,15,17H,3H2,1-2H3,(H,20,21,25). The maximum Gasteiger partial charge on any atom is 0.255 e. The van der Waals surface area contributed by atoms with E-state index in [1.54, 1.807) is 9.91 Å². The lowest BCUT2D eigenvalue weighted by atomic mass is 9.97. The van der Waals surface area contributed by atoms with Gasteiger partial charge in [0.05, 0.1) is 14.4 Å². The minimum Gasteiger partial charge on any atom is -0.302 e. The Morgan fingerprint density at radius 1 is 1.33 bits per heavy atom. The summed E-state index contributed by atoms with van der Waals surface area (Å²) in [6.07, 6.45) is 1.76. The molecule has 2 atom stereocenters. The second kappa shape index (κ2) is 7.29. The first-order valence-electron chi connectivity index (χ1n) is 8.43. The normalized spacial score (nSPS) is 21.3. The predicted octanol–water partition coefficient (Wildman–Crippen LogP) is 4.07. The molecule has 1 N–H and O–H groups in total. The zero-order valence-corrected chi connectivity index (χ0v) is 17.9. The van der Waals surface area contributed by atoms with E-state index >= 15 is 0 Å². The summed E-state index contributed by atoms with van der Waals surface area (Å²) >= 11 is 6.42. The van der Waals surface area contributed by atoms with Crippen molar-refractivity contribution in [3.05, 3.63) is 50.6 Å². The molecule has 1 aromatic carbocycles. The average molecular weight is 465 g/mol. The van der Waals surface area contributed by atoms with Crippen LogP contribution in [0, 0.1) is 0 Å². The Labute approximate surface area is 173 Å². The molecule has 0 radical (unpaired) electrons. The van der Waals surface area contributed by atoms with E-state index in [0.29, 0.717) is 11.6 Å². The SMILES string of the molecule is CCC(=O)N1c2ccccc2C2C(=O)NC(SC)=NN2C1c1ccc(Br)s1. The van der Waals surface area contributed by atoms with Crippen LogP contribution in [-0.2, 0) is 9.59 Å². The molecule has 0 fully saturated rings. The highest BCUT2D eigenvalue weighted by Crippen LogP contribution is 2.48. The van der Waals surface area contributed by atoms with Crippen molar-refractivity contribution in [3.8, 4) is 0 Å². The van der Waals surface area contributed by atoms with E-state index in [9.17, 15) is 9.59 Å². The highest BCUT2D eigenvalue weighted by Gasteiger charge is 2.47. The molecule has 0 spiro atoms. The van der Waals surface area contributed by atoms with Gasteiger partial charge >= 0.3 is 0 Å². The second-order valence-electron chi connectivity index (χ2n) is 6.07. The number of amidine groups is 1. The number of carbonyl (C=O) groups is 2. The maximum absolute atomic E-state index is 13.0.